The molecule has 0 aromatic heterocycles. The maximum atomic E-state index is 11.3. The summed E-state index contributed by atoms with van der Waals surface area (Å²) < 4.78 is 0. The van der Waals surface area contributed by atoms with Gasteiger partial charge in [-0.25, -0.2) is 4.79 Å². The number of benzene rings is 4. The van der Waals surface area contributed by atoms with Crippen LogP contribution in [0.2, 0.25) is 0 Å². The number of nitrogens with one attached hydrogen (secondary N) is 1. The van der Waals surface area contributed by atoms with Crippen LogP contribution in [0.25, 0.3) is 10.8 Å². The minimum Gasteiger partial charge on any atom is -0.370 e. The highest BCUT2D eigenvalue weighted by atomic mass is 16.2. The van der Waals surface area contributed by atoms with E-state index in [1.54, 1.807) is 36.6 Å². The molecule has 4 aromatic rings. The molecule has 0 bridgehead atoms. The molecule has 0 atom stereocenters. The fourth-order valence-corrected chi connectivity index (χ4v) is 3.82. The number of fused-ring (bicyclic) bond motifs is 1. The van der Waals surface area contributed by atoms with E-state index >= 15 is 0 Å². The van der Waals surface area contributed by atoms with Crippen molar-refractivity contribution in [3.63, 3.8) is 0 Å². The number of imide groups is 1. The van der Waals surface area contributed by atoms with Crippen molar-refractivity contribution < 1.29 is 24.0 Å². The Kier molecular flexibility index (Phi) is 22.6. The Morgan fingerprint density at radius 3 is 1.76 bits per heavy atom. The second-order valence-electron chi connectivity index (χ2n) is 10.5. The summed E-state index contributed by atoms with van der Waals surface area (Å²) in [6, 6.07) is 30.5. The Labute approximate surface area is 289 Å². The number of unbranched alkanes of at least 4 members (excludes halogenated alkanes) is 1. The first-order valence-corrected chi connectivity index (χ1v) is 15.7. The topological polar surface area (TPSA) is 231 Å². The molecule has 0 fully saturated rings. The number of primary amides is 3. The van der Waals surface area contributed by atoms with Gasteiger partial charge in [-0.1, -0.05) is 104 Å². The van der Waals surface area contributed by atoms with Gasteiger partial charge < -0.3 is 33.6 Å². The largest absolute Gasteiger partial charge is 0.370 e. The van der Waals surface area contributed by atoms with Gasteiger partial charge in [0.05, 0.1) is 17.8 Å². The highest BCUT2D eigenvalue weighted by molar-refractivity contribution is 6.04. The Bertz CT molecular complexity index is 1580. The average molecular weight is 674 g/mol. The van der Waals surface area contributed by atoms with Crippen LogP contribution in [0.4, 0.5) is 10.5 Å². The van der Waals surface area contributed by atoms with E-state index in [0.29, 0.717) is 17.7 Å². The number of likely N-dealkylation sites (N-methyl/N-ethyl adjacent to an activating group) is 1. The quantitative estimate of drug-likeness (QED) is 0.161. The van der Waals surface area contributed by atoms with Gasteiger partial charge in [0.25, 0.3) is 5.91 Å². The minimum atomic E-state index is -0.812. The first-order chi connectivity index (χ1) is 23.3. The summed E-state index contributed by atoms with van der Waals surface area (Å²) in [4.78, 5) is 53.9. The first-order valence-electron chi connectivity index (χ1n) is 15.7. The van der Waals surface area contributed by atoms with E-state index in [-0.39, 0.29) is 18.4 Å². The van der Waals surface area contributed by atoms with Gasteiger partial charge in [-0.15, -0.1) is 0 Å². The van der Waals surface area contributed by atoms with E-state index in [0.717, 1.165) is 18.5 Å². The molecule has 0 saturated heterocycles. The van der Waals surface area contributed by atoms with Crippen LogP contribution in [-0.2, 0) is 20.8 Å². The summed E-state index contributed by atoms with van der Waals surface area (Å²) in [5.74, 6) is -1.53. The van der Waals surface area contributed by atoms with E-state index in [1.807, 2.05) is 36.4 Å². The summed E-state index contributed by atoms with van der Waals surface area (Å²) in [6.45, 7) is 6.16. The molecule has 0 heterocycles. The van der Waals surface area contributed by atoms with Gasteiger partial charge in [0, 0.05) is 20.4 Å². The second kappa shape index (κ2) is 25.5. The van der Waals surface area contributed by atoms with Crippen LogP contribution >= 0.6 is 0 Å². The number of carbonyl (C=O) groups is 5. The molecule has 4 rings (SSSR count). The molecule has 12 nitrogen and oxygen atoms in total. The summed E-state index contributed by atoms with van der Waals surface area (Å²) >= 11 is 0. The Hall–Kier alpha value is -5.59. The first kappa shape index (κ1) is 43.4. The fourth-order valence-electron chi connectivity index (χ4n) is 3.82. The molecular weight excluding hydrogens is 622 g/mol. The van der Waals surface area contributed by atoms with Crippen molar-refractivity contribution in [2.24, 2.45) is 28.7 Å². The van der Waals surface area contributed by atoms with Crippen LogP contribution in [0.1, 0.15) is 54.6 Å². The molecule has 12 heteroatoms. The molecule has 6 amide bonds. The van der Waals surface area contributed by atoms with E-state index in [9.17, 15) is 24.0 Å². The van der Waals surface area contributed by atoms with Crippen molar-refractivity contribution in [2.75, 3.05) is 25.0 Å². The lowest BCUT2D eigenvalue weighted by Gasteiger charge is -2.18. The number of urea groups is 1. The Morgan fingerprint density at radius 1 is 0.755 bits per heavy atom. The number of hydrogen-bond acceptors (Lipinski definition) is 7. The van der Waals surface area contributed by atoms with Gasteiger partial charge in [-0.2, -0.15) is 0 Å². The van der Waals surface area contributed by atoms with Crippen LogP contribution in [-0.4, -0.2) is 49.8 Å². The molecule has 4 aromatic carbocycles. The molecule has 264 valence electrons. The second-order valence-corrected chi connectivity index (χ2v) is 10.5. The number of nitrogens with zero attached hydrogens (tertiary/aromatic N) is 1. The summed E-state index contributed by atoms with van der Waals surface area (Å²) in [5, 5.41) is 4.24. The summed E-state index contributed by atoms with van der Waals surface area (Å²) in [7, 11) is 1.55. The van der Waals surface area contributed by atoms with Crippen molar-refractivity contribution in [3.05, 3.63) is 114 Å². The Balaban J connectivity index is 0.000000630. The zero-order valence-electron chi connectivity index (χ0n) is 28.9. The number of amides is 6. The third kappa shape index (κ3) is 20.3. The van der Waals surface area contributed by atoms with Gasteiger partial charge in [-0.3, -0.25) is 24.5 Å². The lowest BCUT2D eigenvalue weighted by Crippen LogP contribution is -2.34. The SMILES string of the molecule is CC(=O)NC(N)=O.CCCCN.CN(C(=O)CN)c1ccccc1C(N)=O.Cc1ccccc1.NC(=O)CCc1ccc2ccccc2c1. The third-order valence-corrected chi connectivity index (χ3v) is 6.35. The van der Waals surface area contributed by atoms with Crippen LogP contribution < -0.4 is 38.9 Å². The molecule has 0 radical (unpaired) electrons. The maximum Gasteiger partial charge on any atom is 0.318 e. The molecule has 49 heavy (non-hydrogen) atoms. The number of anilines is 1. The third-order valence-electron chi connectivity index (χ3n) is 6.35. The van der Waals surface area contributed by atoms with Crippen molar-refractivity contribution in [1.29, 1.82) is 0 Å². The van der Waals surface area contributed by atoms with Gasteiger partial charge >= 0.3 is 6.03 Å². The standard InChI is InChI=1S/C13H13NO.C10H13N3O2.C7H8.C4H11N.C3H6N2O2/c14-13(15)8-6-10-5-7-11-3-1-2-4-12(11)9-10;1-13(9(14)6-11)8-5-3-2-4-7(8)10(12)15;1-7-5-3-2-4-6-7;1-2-3-4-5;1-2(6)5-3(4)7/h1-5,7,9H,6,8H2,(H2,14,15);2-5H,6,11H2,1H3,(H2,12,15);2-6H,1H3;2-5H2,1H3;1H3,(H3,4,5,6,7). The van der Waals surface area contributed by atoms with E-state index in [2.05, 4.69) is 56.0 Å². The number of aryl methyl sites for hydroxylation is 2. The Morgan fingerprint density at radius 2 is 1.33 bits per heavy atom. The van der Waals surface area contributed by atoms with Gasteiger partial charge in [0.15, 0.2) is 0 Å². The number of para-hydroxylation sites is 1. The van der Waals surface area contributed by atoms with Crippen molar-refractivity contribution >= 4 is 46.1 Å². The van der Waals surface area contributed by atoms with E-state index in [4.69, 9.17) is 22.9 Å². The summed E-state index contributed by atoms with van der Waals surface area (Å²) in [6.07, 6.45) is 3.52. The molecule has 0 unspecified atom stereocenters. The minimum absolute atomic E-state index is 0.108. The number of hydrogen-bond donors (Lipinski definition) is 6. The lowest BCUT2D eigenvalue weighted by atomic mass is 10.0. The zero-order chi connectivity index (χ0) is 37.2. The fraction of sp³-hybridized carbons (Fsp3) is 0.270. The van der Waals surface area contributed by atoms with E-state index < -0.39 is 17.8 Å². The zero-order valence-corrected chi connectivity index (χ0v) is 28.9. The number of nitrogens with two attached hydrogens (primary N) is 5. The van der Waals surface area contributed by atoms with Crippen molar-refractivity contribution in [1.82, 2.24) is 5.32 Å². The number of carbonyl (C=O) groups excluding carboxylic acids is 5. The van der Waals surface area contributed by atoms with E-state index in [1.165, 1.54) is 41.0 Å². The molecule has 0 saturated carbocycles. The van der Waals surface area contributed by atoms with Gasteiger partial charge in [0.2, 0.25) is 17.7 Å². The molecule has 0 aliphatic rings. The molecule has 11 N–H and O–H groups in total. The molecule has 0 aliphatic heterocycles. The normalized spacial score (nSPS) is 9.35. The maximum absolute atomic E-state index is 11.3. The van der Waals surface area contributed by atoms with Gasteiger partial charge in [-0.05, 0) is 54.8 Å². The highest BCUT2D eigenvalue weighted by Crippen LogP contribution is 2.18. The lowest BCUT2D eigenvalue weighted by molar-refractivity contribution is -0.118. The predicted octanol–water partition coefficient (Wildman–Crippen LogP) is 3.91. The molecule has 0 spiro atoms. The predicted molar refractivity (Wildman–Crippen MR) is 197 cm³/mol. The summed E-state index contributed by atoms with van der Waals surface area (Å²) in [5.41, 5.74) is 28.5. The van der Waals surface area contributed by atoms with Crippen molar-refractivity contribution in [2.45, 2.75) is 46.5 Å². The highest BCUT2D eigenvalue weighted by Gasteiger charge is 2.15. The molecular formula is C37H51N7O5. The number of rotatable bonds is 8. The smallest absolute Gasteiger partial charge is 0.318 e. The van der Waals surface area contributed by atoms with Crippen LogP contribution in [0.3, 0.4) is 0 Å². The molecule has 0 aliphatic carbocycles. The van der Waals surface area contributed by atoms with Gasteiger partial charge in [0.1, 0.15) is 0 Å². The van der Waals surface area contributed by atoms with Crippen LogP contribution in [0, 0.1) is 6.92 Å². The monoisotopic (exact) mass is 673 g/mol. The van der Waals surface area contributed by atoms with Crippen LogP contribution in [0.5, 0.6) is 0 Å². The average Bonchev–Trinajstić information content (AvgIpc) is 3.07. The van der Waals surface area contributed by atoms with Crippen molar-refractivity contribution in [3.8, 4) is 0 Å². The van der Waals surface area contributed by atoms with Crippen LogP contribution in [0.15, 0.2) is 97.1 Å².